The molecule has 0 atom stereocenters. The Kier molecular flexibility index (Phi) is 11.1. The standard InChI is InChI=1S/C20H20O5.2CH4/c1-23-13-14-25-20(22)18-11-7-16(8-12-18)4-3-15-5-9-17(10-6-15)19(21)24-2;;/h3-12H,13-14H2,1-2H3;2*1H4/b4-3+;;. The molecule has 0 fully saturated rings. The summed E-state index contributed by atoms with van der Waals surface area (Å²) in [7, 11) is 2.91. The van der Waals surface area contributed by atoms with E-state index in [4.69, 9.17) is 9.47 Å². The molecular weight excluding hydrogens is 344 g/mol. The molecule has 0 radical (unpaired) electrons. The van der Waals surface area contributed by atoms with Crippen LogP contribution in [-0.4, -0.2) is 39.4 Å². The van der Waals surface area contributed by atoms with Gasteiger partial charge in [-0.15, -0.1) is 0 Å². The second-order valence-electron chi connectivity index (χ2n) is 5.20. The highest BCUT2D eigenvalue weighted by atomic mass is 16.6. The molecule has 2 aromatic rings. The number of carbonyl (C=O) groups is 2. The Balaban J connectivity index is 0.00000338. The third-order valence-electron chi connectivity index (χ3n) is 3.47. The van der Waals surface area contributed by atoms with Crippen LogP contribution in [-0.2, 0) is 14.2 Å². The smallest absolute Gasteiger partial charge is 0.338 e. The van der Waals surface area contributed by atoms with E-state index in [2.05, 4.69) is 4.74 Å². The summed E-state index contributed by atoms with van der Waals surface area (Å²) >= 11 is 0. The van der Waals surface area contributed by atoms with E-state index in [-0.39, 0.29) is 33.4 Å². The molecule has 0 amide bonds. The Bertz CT molecular complexity index is 730. The summed E-state index contributed by atoms with van der Waals surface area (Å²) in [5.41, 5.74) is 2.91. The molecule has 2 aromatic carbocycles. The van der Waals surface area contributed by atoms with Crippen molar-refractivity contribution in [1.82, 2.24) is 0 Å². The van der Waals surface area contributed by atoms with Crippen LogP contribution in [0.25, 0.3) is 12.2 Å². The fourth-order valence-electron chi connectivity index (χ4n) is 2.07. The van der Waals surface area contributed by atoms with Gasteiger partial charge < -0.3 is 14.2 Å². The lowest BCUT2D eigenvalue weighted by Crippen LogP contribution is -2.09. The molecular formula is C22H28O5. The Hall–Kier alpha value is -2.92. The van der Waals surface area contributed by atoms with Crippen LogP contribution >= 0.6 is 0 Å². The maximum absolute atomic E-state index is 11.8. The summed E-state index contributed by atoms with van der Waals surface area (Å²) in [4.78, 5) is 23.2. The van der Waals surface area contributed by atoms with Crippen molar-refractivity contribution in [2.24, 2.45) is 0 Å². The van der Waals surface area contributed by atoms with E-state index < -0.39 is 0 Å². The lowest BCUT2D eigenvalue weighted by Gasteiger charge is -2.04. The van der Waals surface area contributed by atoms with Crippen molar-refractivity contribution in [3.63, 3.8) is 0 Å². The number of hydrogen-bond acceptors (Lipinski definition) is 5. The minimum Gasteiger partial charge on any atom is -0.465 e. The first kappa shape index (κ1) is 24.1. The van der Waals surface area contributed by atoms with Gasteiger partial charge in [0.25, 0.3) is 0 Å². The highest BCUT2D eigenvalue weighted by molar-refractivity contribution is 5.90. The normalized spacial score (nSPS) is 9.85. The SMILES string of the molecule is C.C.COCCOC(=O)c1ccc(/C=C/c2ccc(C(=O)OC)cc2)cc1. The molecule has 0 unspecified atom stereocenters. The molecule has 27 heavy (non-hydrogen) atoms. The molecule has 0 heterocycles. The molecule has 146 valence electrons. The highest BCUT2D eigenvalue weighted by Gasteiger charge is 2.06. The Morgan fingerprint density at radius 2 is 1.19 bits per heavy atom. The molecule has 0 aliphatic rings. The average Bonchev–Trinajstić information content (AvgIpc) is 2.66. The van der Waals surface area contributed by atoms with Gasteiger partial charge in [0.15, 0.2) is 0 Å². The lowest BCUT2D eigenvalue weighted by atomic mass is 10.1. The van der Waals surface area contributed by atoms with Crippen LogP contribution in [0.5, 0.6) is 0 Å². The average molecular weight is 372 g/mol. The maximum Gasteiger partial charge on any atom is 0.338 e. The third-order valence-corrected chi connectivity index (χ3v) is 3.47. The van der Waals surface area contributed by atoms with Gasteiger partial charge in [-0.3, -0.25) is 0 Å². The molecule has 5 nitrogen and oxygen atoms in total. The zero-order chi connectivity index (χ0) is 18.1. The van der Waals surface area contributed by atoms with Crippen LogP contribution in [0.3, 0.4) is 0 Å². The van der Waals surface area contributed by atoms with Gasteiger partial charge in [0.1, 0.15) is 6.61 Å². The minimum atomic E-state index is -0.369. The summed E-state index contributed by atoms with van der Waals surface area (Å²) in [5.74, 6) is -0.727. The van der Waals surface area contributed by atoms with Crippen molar-refractivity contribution >= 4 is 24.1 Å². The molecule has 0 spiro atoms. The monoisotopic (exact) mass is 372 g/mol. The Morgan fingerprint density at radius 1 is 0.741 bits per heavy atom. The van der Waals surface area contributed by atoms with Gasteiger partial charge in [0.2, 0.25) is 0 Å². The van der Waals surface area contributed by atoms with Crippen LogP contribution in [0.2, 0.25) is 0 Å². The minimum absolute atomic E-state index is 0. The summed E-state index contributed by atoms with van der Waals surface area (Å²) in [5, 5.41) is 0. The molecule has 0 saturated heterocycles. The number of carbonyl (C=O) groups excluding carboxylic acids is 2. The first-order chi connectivity index (χ1) is 12.1. The summed E-state index contributed by atoms with van der Waals surface area (Å²) in [6.07, 6.45) is 3.85. The zero-order valence-electron chi connectivity index (χ0n) is 14.2. The summed E-state index contributed by atoms with van der Waals surface area (Å²) < 4.78 is 14.6. The number of methoxy groups -OCH3 is 2. The van der Waals surface area contributed by atoms with Crippen LogP contribution < -0.4 is 0 Å². The molecule has 0 saturated carbocycles. The van der Waals surface area contributed by atoms with Gasteiger partial charge in [-0.25, -0.2) is 9.59 Å². The van der Waals surface area contributed by atoms with Crippen LogP contribution in [0.4, 0.5) is 0 Å². The second kappa shape index (κ2) is 12.4. The van der Waals surface area contributed by atoms with E-state index in [0.29, 0.717) is 17.7 Å². The lowest BCUT2D eigenvalue weighted by molar-refractivity contribution is 0.0388. The molecule has 0 aliphatic carbocycles. The van der Waals surface area contributed by atoms with Gasteiger partial charge in [-0.05, 0) is 35.4 Å². The predicted molar refractivity (Wildman–Crippen MR) is 109 cm³/mol. The molecule has 0 aliphatic heterocycles. The Labute approximate surface area is 161 Å². The fourth-order valence-corrected chi connectivity index (χ4v) is 2.07. The van der Waals surface area contributed by atoms with Gasteiger partial charge >= 0.3 is 11.9 Å². The molecule has 0 aromatic heterocycles. The molecule has 0 N–H and O–H groups in total. The van der Waals surface area contributed by atoms with Crippen LogP contribution in [0.15, 0.2) is 48.5 Å². The summed E-state index contributed by atoms with van der Waals surface area (Å²) in [6.45, 7) is 0.611. The van der Waals surface area contributed by atoms with Crippen molar-refractivity contribution in [3.8, 4) is 0 Å². The van der Waals surface area contributed by atoms with Crippen molar-refractivity contribution < 1.29 is 23.8 Å². The van der Waals surface area contributed by atoms with Gasteiger partial charge in [-0.2, -0.15) is 0 Å². The maximum atomic E-state index is 11.8. The number of ether oxygens (including phenoxy) is 3. The number of esters is 2. The highest BCUT2D eigenvalue weighted by Crippen LogP contribution is 2.12. The predicted octanol–water partition coefficient (Wildman–Crippen LogP) is 4.72. The van der Waals surface area contributed by atoms with Crippen molar-refractivity contribution in [2.45, 2.75) is 14.9 Å². The first-order valence-corrected chi connectivity index (χ1v) is 7.76. The Morgan fingerprint density at radius 3 is 1.59 bits per heavy atom. The quantitative estimate of drug-likeness (QED) is 0.400. The van der Waals surface area contributed by atoms with Gasteiger partial charge in [0, 0.05) is 7.11 Å². The topological polar surface area (TPSA) is 61.8 Å². The molecule has 2 rings (SSSR count). The van der Waals surface area contributed by atoms with E-state index in [1.165, 1.54) is 7.11 Å². The van der Waals surface area contributed by atoms with Gasteiger partial charge in [0.05, 0.1) is 24.8 Å². The van der Waals surface area contributed by atoms with Crippen molar-refractivity contribution in [2.75, 3.05) is 27.4 Å². The second-order valence-corrected chi connectivity index (χ2v) is 5.20. The molecule has 0 bridgehead atoms. The van der Waals surface area contributed by atoms with E-state index >= 15 is 0 Å². The zero-order valence-corrected chi connectivity index (χ0v) is 14.2. The van der Waals surface area contributed by atoms with E-state index in [9.17, 15) is 9.59 Å². The number of hydrogen-bond donors (Lipinski definition) is 0. The summed E-state index contributed by atoms with van der Waals surface area (Å²) in [6, 6.07) is 14.2. The van der Waals surface area contributed by atoms with Gasteiger partial charge in [-0.1, -0.05) is 51.3 Å². The van der Waals surface area contributed by atoms with Crippen molar-refractivity contribution in [1.29, 1.82) is 0 Å². The number of rotatable bonds is 7. The first-order valence-electron chi connectivity index (χ1n) is 7.76. The third kappa shape index (κ3) is 7.46. The fraction of sp³-hybridized carbons (Fsp3) is 0.273. The largest absolute Gasteiger partial charge is 0.465 e. The van der Waals surface area contributed by atoms with Crippen LogP contribution in [0.1, 0.15) is 46.7 Å². The van der Waals surface area contributed by atoms with E-state index in [0.717, 1.165) is 11.1 Å². The van der Waals surface area contributed by atoms with Crippen LogP contribution in [0, 0.1) is 0 Å². The van der Waals surface area contributed by atoms with Crippen molar-refractivity contribution in [3.05, 3.63) is 70.8 Å². The van der Waals surface area contributed by atoms with E-state index in [1.54, 1.807) is 31.4 Å². The van der Waals surface area contributed by atoms with E-state index in [1.807, 2.05) is 36.4 Å². The molecule has 5 heteroatoms. The number of benzene rings is 2.